The summed E-state index contributed by atoms with van der Waals surface area (Å²) in [7, 11) is -3.24. The molecule has 1 aromatic rings. The highest BCUT2D eigenvalue weighted by Crippen LogP contribution is 2.51. The van der Waals surface area contributed by atoms with Gasteiger partial charge >= 0.3 is 8.41 Å². The molecule has 1 nitrogen and oxygen atoms in total. The minimum Gasteiger partial charge on any atom is -0.296 e. The first-order valence-electron chi connectivity index (χ1n) is 6.62. The highest BCUT2D eigenvalue weighted by molar-refractivity contribution is 6.86. The van der Waals surface area contributed by atoms with Gasteiger partial charge in [0.1, 0.15) is 0 Å². The molecule has 0 radical (unpaired) electrons. The number of hydrogen-bond acceptors (Lipinski definition) is 1. The molecule has 0 aliphatic heterocycles. The van der Waals surface area contributed by atoms with E-state index in [1.54, 1.807) is 6.20 Å². The van der Waals surface area contributed by atoms with Gasteiger partial charge in [0.15, 0.2) is 0 Å². The van der Waals surface area contributed by atoms with Gasteiger partial charge in [-0.1, -0.05) is 53.0 Å². The molecule has 1 rings (SSSR count). The van der Waals surface area contributed by atoms with Crippen LogP contribution in [0.2, 0.25) is 10.1 Å². The van der Waals surface area contributed by atoms with E-state index in [0.717, 1.165) is 11.3 Å². The Morgan fingerprint density at radius 3 is 1.95 bits per heavy atom. The fourth-order valence-electron chi connectivity index (χ4n) is 2.20. The Labute approximate surface area is 117 Å². The number of hydrogen-bond donors (Lipinski definition) is 0. The first-order valence-corrected chi connectivity index (χ1v) is 8.50. The second kappa shape index (κ2) is 5.09. The maximum Gasteiger partial charge on any atom is 0.333 e. The van der Waals surface area contributed by atoms with Crippen molar-refractivity contribution < 1.29 is 4.11 Å². The predicted molar refractivity (Wildman–Crippen MR) is 82.1 cm³/mol. The minimum atomic E-state index is -3.24. The van der Waals surface area contributed by atoms with E-state index in [1.165, 1.54) is 0 Å². The van der Waals surface area contributed by atoms with E-state index in [2.05, 4.69) is 16.4 Å². The van der Waals surface area contributed by atoms with E-state index in [-0.39, 0.29) is 0 Å². The van der Waals surface area contributed by atoms with Gasteiger partial charge in [-0.05, 0) is 29.1 Å². The number of aromatic nitrogens is 1. The van der Waals surface area contributed by atoms with Gasteiger partial charge < -0.3 is 0 Å². The number of pyridine rings is 1. The summed E-state index contributed by atoms with van der Waals surface area (Å²) in [4.78, 5) is 4.19. The van der Waals surface area contributed by atoms with E-state index in [1.807, 2.05) is 60.6 Å². The third-order valence-corrected chi connectivity index (χ3v) is 7.96. The summed E-state index contributed by atoms with van der Waals surface area (Å²) in [6.07, 6.45) is 1.71. The summed E-state index contributed by atoms with van der Waals surface area (Å²) in [5.41, 5.74) is 4.73. The lowest BCUT2D eigenvalue weighted by Crippen LogP contribution is -2.47. The maximum absolute atomic E-state index is 15.5. The van der Waals surface area contributed by atoms with Crippen LogP contribution < -0.4 is 0 Å². The Kier molecular flexibility index (Phi) is 4.26. The number of nitrogens with zero attached hydrogens (tertiary/aromatic N) is 1. The molecule has 0 unspecified atom stereocenters. The lowest BCUT2D eigenvalue weighted by atomic mass is 10.2. The van der Waals surface area contributed by atoms with Crippen molar-refractivity contribution in [3.63, 3.8) is 0 Å². The zero-order valence-corrected chi connectivity index (χ0v) is 14.1. The second-order valence-electron chi connectivity index (χ2n) is 7.10. The molecule has 0 spiro atoms. The fraction of sp³-hybridized carbons (Fsp3) is 0.562. The van der Waals surface area contributed by atoms with Crippen LogP contribution in [0.1, 0.15) is 52.8 Å². The number of aryl methyl sites for hydroxylation is 1. The van der Waals surface area contributed by atoms with Crippen LogP contribution in [0.5, 0.6) is 0 Å². The van der Waals surface area contributed by atoms with Crippen molar-refractivity contribution in [3.8, 4) is 11.5 Å². The van der Waals surface area contributed by atoms with Crippen LogP contribution in [-0.4, -0.2) is 13.4 Å². The topological polar surface area (TPSA) is 12.9 Å². The third kappa shape index (κ3) is 3.45. The highest BCUT2D eigenvalue weighted by Gasteiger charge is 2.54. The molecule has 19 heavy (non-hydrogen) atoms. The van der Waals surface area contributed by atoms with Crippen molar-refractivity contribution in [2.45, 2.75) is 58.5 Å². The smallest absolute Gasteiger partial charge is 0.296 e. The van der Waals surface area contributed by atoms with Gasteiger partial charge in [0, 0.05) is 17.5 Å². The zero-order chi connectivity index (χ0) is 14.9. The largest absolute Gasteiger partial charge is 0.333 e. The Morgan fingerprint density at radius 1 is 1.05 bits per heavy atom. The van der Waals surface area contributed by atoms with Crippen molar-refractivity contribution in [1.82, 2.24) is 4.98 Å². The molecule has 0 amide bonds. The third-order valence-electron chi connectivity index (χ3n) is 3.36. The van der Waals surface area contributed by atoms with Crippen LogP contribution in [0.3, 0.4) is 0 Å². The van der Waals surface area contributed by atoms with E-state index >= 15 is 4.11 Å². The maximum atomic E-state index is 15.5. The molecule has 0 aliphatic rings. The van der Waals surface area contributed by atoms with Crippen LogP contribution in [0.25, 0.3) is 0 Å². The summed E-state index contributed by atoms with van der Waals surface area (Å²) in [6.45, 7) is 13.6. The summed E-state index contributed by atoms with van der Waals surface area (Å²) >= 11 is 0. The van der Waals surface area contributed by atoms with Gasteiger partial charge in [0.05, 0.1) is 0 Å². The molecule has 0 bridgehead atoms. The van der Waals surface area contributed by atoms with E-state index in [4.69, 9.17) is 0 Å². The standard InChI is InChI=1S/C16H24FNSi/c1-13-8-9-14(12-18-13)10-11-19(17,15(2,3)4)16(5,6)7/h8-9,12H,1-7H3. The molecular weight excluding hydrogens is 253 g/mol. The van der Waals surface area contributed by atoms with Crippen LogP contribution in [-0.2, 0) is 0 Å². The van der Waals surface area contributed by atoms with Crippen LogP contribution in [0.4, 0.5) is 4.11 Å². The quantitative estimate of drug-likeness (QED) is 0.377. The monoisotopic (exact) mass is 277 g/mol. The van der Waals surface area contributed by atoms with Crippen molar-refractivity contribution in [3.05, 3.63) is 29.6 Å². The molecule has 1 aromatic heterocycles. The molecule has 0 saturated carbocycles. The summed E-state index contributed by atoms with van der Waals surface area (Å²) < 4.78 is 15.5. The molecule has 0 fully saturated rings. The highest BCUT2D eigenvalue weighted by atomic mass is 28.4. The van der Waals surface area contributed by atoms with Crippen molar-refractivity contribution >= 4 is 8.41 Å². The molecular formula is C16H24FNSi. The zero-order valence-electron chi connectivity index (χ0n) is 13.1. The number of rotatable bonds is 0. The van der Waals surface area contributed by atoms with Crippen LogP contribution in [0.15, 0.2) is 18.3 Å². The lowest BCUT2D eigenvalue weighted by molar-refractivity contribution is 0.537. The van der Waals surface area contributed by atoms with Gasteiger partial charge in [0.2, 0.25) is 0 Å². The normalized spacial score (nSPS) is 12.8. The Hall–Kier alpha value is -1.14. The second-order valence-corrected chi connectivity index (χ2v) is 11.7. The molecule has 104 valence electrons. The molecule has 0 N–H and O–H groups in total. The SMILES string of the molecule is Cc1ccc(C#C[Si](F)(C(C)(C)C)C(C)(C)C)cn1. The Balaban J connectivity index is 3.22. The van der Waals surface area contributed by atoms with E-state index in [9.17, 15) is 0 Å². The summed E-state index contributed by atoms with van der Waals surface area (Å²) in [5, 5.41) is -0.813. The van der Waals surface area contributed by atoms with Gasteiger partial charge in [-0.2, -0.15) is 0 Å². The Bertz CT molecular complexity index is 481. The Morgan fingerprint density at radius 2 is 1.58 bits per heavy atom. The van der Waals surface area contributed by atoms with Gasteiger partial charge in [0.25, 0.3) is 0 Å². The van der Waals surface area contributed by atoms with Gasteiger partial charge in [-0.3, -0.25) is 9.09 Å². The fourth-order valence-corrected chi connectivity index (χ4v) is 5.52. The predicted octanol–water partition coefficient (Wildman–Crippen LogP) is 4.80. The number of halogens is 1. The summed E-state index contributed by atoms with van der Waals surface area (Å²) in [6, 6.07) is 3.80. The van der Waals surface area contributed by atoms with Crippen molar-refractivity contribution in [2.24, 2.45) is 0 Å². The van der Waals surface area contributed by atoms with Gasteiger partial charge in [-0.15, -0.1) is 0 Å². The molecule has 0 saturated heterocycles. The van der Waals surface area contributed by atoms with Crippen molar-refractivity contribution in [2.75, 3.05) is 0 Å². The first-order chi connectivity index (χ1) is 8.47. The minimum absolute atomic E-state index is 0.406. The van der Waals surface area contributed by atoms with E-state index in [0.29, 0.717) is 0 Å². The van der Waals surface area contributed by atoms with Gasteiger partial charge in [-0.25, -0.2) is 0 Å². The van der Waals surface area contributed by atoms with Crippen LogP contribution in [0, 0.1) is 18.4 Å². The summed E-state index contributed by atoms with van der Waals surface area (Å²) in [5.74, 6) is 3.00. The molecule has 1 heterocycles. The molecule has 3 heteroatoms. The molecule has 0 aromatic carbocycles. The van der Waals surface area contributed by atoms with Crippen molar-refractivity contribution in [1.29, 1.82) is 0 Å². The average molecular weight is 277 g/mol. The first kappa shape index (κ1) is 15.9. The average Bonchev–Trinajstić information content (AvgIpc) is 2.24. The molecule has 0 aliphatic carbocycles. The molecule has 0 atom stereocenters. The van der Waals surface area contributed by atoms with Crippen LogP contribution >= 0.6 is 0 Å². The van der Waals surface area contributed by atoms with E-state index < -0.39 is 18.5 Å². The lowest BCUT2D eigenvalue weighted by Gasteiger charge is -2.40.